The molecule has 1 unspecified atom stereocenters. The van der Waals surface area contributed by atoms with Gasteiger partial charge in [0.2, 0.25) is 0 Å². The Bertz CT molecular complexity index is 248. The van der Waals surface area contributed by atoms with Gasteiger partial charge in [0.05, 0.1) is 6.54 Å². The summed E-state index contributed by atoms with van der Waals surface area (Å²) in [7, 11) is 0.773. The second-order valence-electron chi connectivity index (χ2n) is 3.24. The zero-order chi connectivity index (χ0) is 13.1. The summed E-state index contributed by atoms with van der Waals surface area (Å²) in [5, 5.41) is 8.23. The summed E-state index contributed by atoms with van der Waals surface area (Å²) in [4.78, 5) is 10.5. The molecule has 9 heteroatoms. The van der Waals surface area contributed by atoms with Crippen molar-refractivity contribution in [2.45, 2.75) is 12.4 Å². The van der Waals surface area contributed by atoms with E-state index in [1.54, 1.807) is 0 Å². The van der Waals surface area contributed by atoms with Crippen molar-refractivity contribution in [3.63, 3.8) is 0 Å². The Morgan fingerprint density at radius 2 is 1.69 bits per heavy atom. The minimum absolute atomic E-state index is 0.270. The molecule has 96 valence electrons. The van der Waals surface area contributed by atoms with Crippen molar-refractivity contribution in [2.75, 3.05) is 20.1 Å². The normalized spacial score (nSPS) is 15.2. The lowest BCUT2D eigenvalue weighted by Crippen LogP contribution is -2.42. The maximum absolute atomic E-state index is 12.1. The van der Waals surface area contributed by atoms with Crippen LogP contribution in [0.3, 0.4) is 0 Å². The Morgan fingerprint density at radius 3 is 1.94 bits per heavy atom. The summed E-state index contributed by atoms with van der Waals surface area (Å²) in [6.45, 7) is -2.83. The maximum Gasteiger partial charge on any atom is 0.403 e. The van der Waals surface area contributed by atoms with Crippen LogP contribution in [0, 0.1) is 5.92 Å². The van der Waals surface area contributed by atoms with Gasteiger partial charge in [0, 0.05) is 6.54 Å². The van der Waals surface area contributed by atoms with Crippen molar-refractivity contribution in [3.05, 3.63) is 0 Å². The molecule has 0 rings (SSSR count). The molecule has 0 bridgehead atoms. The maximum atomic E-state index is 12.1. The lowest BCUT2D eigenvalue weighted by molar-refractivity contribution is -0.201. The highest BCUT2D eigenvalue weighted by Gasteiger charge is 2.46. The van der Waals surface area contributed by atoms with Crippen LogP contribution in [0.5, 0.6) is 0 Å². The number of nitrogens with zero attached hydrogens (tertiary/aromatic N) is 1. The van der Waals surface area contributed by atoms with Crippen LogP contribution in [-0.2, 0) is 4.79 Å². The lowest BCUT2D eigenvalue weighted by Gasteiger charge is -2.23. The Labute approximate surface area is 86.6 Å². The fourth-order valence-corrected chi connectivity index (χ4v) is 1.00. The summed E-state index contributed by atoms with van der Waals surface area (Å²) < 4.78 is 71.6. The van der Waals surface area contributed by atoms with Crippen molar-refractivity contribution in [1.29, 1.82) is 0 Å². The molecule has 0 aromatic rings. The monoisotopic (exact) mass is 253 g/mol. The molecule has 0 amide bonds. The average molecular weight is 253 g/mol. The van der Waals surface area contributed by atoms with E-state index in [0.717, 1.165) is 7.05 Å². The molecule has 3 nitrogen and oxygen atoms in total. The van der Waals surface area contributed by atoms with Crippen molar-refractivity contribution in [2.24, 2.45) is 5.92 Å². The SMILES string of the molecule is CN(CC(C(=O)O)C(F)(F)F)CC(F)(F)F. The smallest absolute Gasteiger partial charge is 0.403 e. The number of carboxylic acid groups (broad SMARTS) is 1. The molecule has 0 saturated heterocycles. The standard InChI is InChI=1S/C7H9F6NO2/c1-14(3-6(8,9)10)2-4(5(15)16)7(11,12)13/h4H,2-3H2,1H3,(H,15,16). The molecule has 0 spiro atoms. The van der Waals surface area contributed by atoms with Gasteiger partial charge in [-0.25, -0.2) is 0 Å². The van der Waals surface area contributed by atoms with Gasteiger partial charge in [-0.2, -0.15) is 26.3 Å². The third kappa shape index (κ3) is 5.79. The van der Waals surface area contributed by atoms with E-state index in [4.69, 9.17) is 5.11 Å². The van der Waals surface area contributed by atoms with Crippen LogP contribution in [0.15, 0.2) is 0 Å². The molecule has 0 aliphatic rings. The molecule has 16 heavy (non-hydrogen) atoms. The Kier molecular flexibility index (Phi) is 4.59. The molecule has 0 saturated carbocycles. The van der Waals surface area contributed by atoms with Gasteiger partial charge in [0.25, 0.3) is 0 Å². The van der Waals surface area contributed by atoms with Gasteiger partial charge in [0.1, 0.15) is 0 Å². The first-order valence-corrected chi connectivity index (χ1v) is 3.98. The summed E-state index contributed by atoms with van der Waals surface area (Å²) in [5.74, 6) is -5.01. The van der Waals surface area contributed by atoms with Gasteiger partial charge in [0.15, 0.2) is 5.92 Å². The quantitative estimate of drug-likeness (QED) is 0.776. The van der Waals surface area contributed by atoms with Crippen molar-refractivity contribution >= 4 is 5.97 Å². The predicted molar refractivity (Wildman–Crippen MR) is 40.7 cm³/mol. The molecule has 0 fully saturated rings. The van der Waals surface area contributed by atoms with E-state index in [2.05, 4.69) is 0 Å². The third-order valence-corrected chi connectivity index (χ3v) is 1.64. The van der Waals surface area contributed by atoms with E-state index in [1.165, 1.54) is 0 Å². The highest BCUT2D eigenvalue weighted by atomic mass is 19.4. The summed E-state index contributed by atoms with van der Waals surface area (Å²) in [6, 6.07) is 0. The summed E-state index contributed by atoms with van der Waals surface area (Å²) in [5.41, 5.74) is 0. The summed E-state index contributed by atoms with van der Waals surface area (Å²) in [6.07, 6.45) is -9.73. The van der Waals surface area contributed by atoms with Crippen molar-refractivity contribution in [3.8, 4) is 0 Å². The minimum atomic E-state index is -5.06. The fraction of sp³-hybridized carbons (Fsp3) is 0.857. The van der Waals surface area contributed by atoms with Crippen molar-refractivity contribution in [1.82, 2.24) is 4.90 Å². The molecule has 0 aliphatic heterocycles. The number of aliphatic carboxylic acids is 1. The highest BCUT2D eigenvalue weighted by Crippen LogP contribution is 2.27. The van der Waals surface area contributed by atoms with E-state index in [0.29, 0.717) is 0 Å². The van der Waals surface area contributed by atoms with E-state index >= 15 is 0 Å². The average Bonchev–Trinajstić information content (AvgIpc) is 1.93. The van der Waals surface area contributed by atoms with Crippen LogP contribution < -0.4 is 0 Å². The number of hydrogen-bond acceptors (Lipinski definition) is 2. The first-order chi connectivity index (χ1) is 6.93. The first-order valence-electron chi connectivity index (χ1n) is 3.98. The number of rotatable bonds is 4. The van der Waals surface area contributed by atoms with E-state index in [9.17, 15) is 31.1 Å². The Hall–Kier alpha value is -0.990. The largest absolute Gasteiger partial charge is 0.481 e. The van der Waals surface area contributed by atoms with Crippen LogP contribution in [0.2, 0.25) is 0 Å². The van der Waals surface area contributed by atoms with Crippen LogP contribution in [0.1, 0.15) is 0 Å². The van der Waals surface area contributed by atoms with Gasteiger partial charge in [-0.05, 0) is 7.05 Å². The lowest BCUT2D eigenvalue weighted by atomic mass is 10.1. The third-order valence-electron chi connectivity index (χ3n) is 1.64. The fourth-order valence-electron chi connectivity index (χ4n) is 1.00. The molecule has 0 aromatic heterocycles. The second kappa shape index (κ2) is 4.89. The molecule has 0 radical (unpaired) electrons. The van der Waals surface area contributed by atoms with Crippen LogP contribution in [0.4, 0.5) is 26.3 Å². The second-order valence-corrected chi connectivity index (χ2v) is 3.24. The number of carboxylic acids is 1. The summed E-state index contributed by atoms with van der Waals surface area (Å²) >= 11 is 0. The predicted octanol–water partition coefficient (Wildman–Crippen LogP) is 1.74. The van der Waals surface area contributed by atoms with E-state index in [1.807, 2.05) is 0 Å². The Balaban J connectivity index is 4.49. The van der Waals surface area contributed by atoms with E-state index < -0.39 is 37.3 Å². The van der Waals surface area contributed by atoms with Gasteiger partial charge < -0.3 is 5.11 Å². The zero-order valence-corrected chi connectivity index (χ0v) is 8.06. The number of carbonyl (C=O) groups is 1. The number of hydrogen-bond donors (Lipinski definition) is 1. The number of halogens is 6. The molecular weight excluding hydrogens is 244 g/mol. The molecule has 1 N–H and O–H groups in total. The van der Waals surface area contributed by atoms with Gasteiger partial charge in [-0.3, -0.25) is 9.69 Å². The zero-order valence-electron chi connectivity index (χ0n) is 8.06. The Morgan fingerprint density at radius 1 is 1.25 bits per heavy atom. The van der Waals surface area contributed by atoms with Gasteiger partial charge in [-0.15, -0.1) is 0 Å². The molecule has 1 atom stereocenters. The molecule has 0 aromatic carbocycles. The molecular formula is C7H9F6NO2. The molecule has 0 heterocycles. The van der Waals surface area contributed by atoms with Crippen LogP contribution in [-0.4, -0.2) is 48.5 Å². The molecule has 0 aliphatic carbocycles. The van der Waals surface area contributed by atoms with Crippen LogP contribution in [0.25, 0.3) is 0 Å². The topological polar surface area (TPSA) is 40.5 Å². The first kappa shape index (κ1) is 15.0. The number of alkyl halides is 6. The van der Waals surface area contributed by atoms with Gasteiger partial charge >= 0.3 is 18.3 Å². The van der Waals surface area contributed by atoms with Crippen molar-refractivity contribution < 1.29 is 36.2 Å². The van der Waals surface area contributed by atoms with Crippen LogP contribution >= 0.6 is 0 Å². The van der Waals surface area contributed by atoms with E-state index in [-0.39, 0.29) is 4.90 Å². The highest BCUT2D eigenvalue weighted by molar-refractivity contribution is 5.71. The minimum Gasteiger partial charge on any atom is -0.481 e. The van der Waals surface area contributed by atoms with Gasteiger partial charge in [-0.1, -0.05) is 0 Å².